The normalized spacial score (nSPS) is 14.0. The van der Waals surface area contributed by atoms with Crippen LogP contribution in [0.3, 0.4) is 0 Å². The fraction of sp³-hybridized carbons (Fsp3) is 0.833. The van der Waals surface area contributed by atoms with Crippen LogP contribution < -0.4 is 5.73 Å². The van der Waals surface area contributed by atoms with Gasteiger partial charge in [0, 0.05) is 12.8 Å². The van der Waals surface area contributed by atoms with Crippen LogP contribution in [0.15, 0.2) is 24.3 Å². The van der Waals surface area contributed by atoms with Crippen molar-refractivity contribution in [2.75, 3.05) is 19.8 Å². The lowest BCUT2D eigenvalue weighted by molar-refractivity contribution is -0.161. The number of unbranched alkanes of at least 4 members (excludes halogenated alkanes) is 22. The van der Waals surface area contributed by atoms with Gasteiger partial charge in [0.05, 0.1) is 13.2 Å². The lowest BCUT2D eigenvalue weighted by Gasteiger charge is -2.20. The maximum atomic E-state index is 12.6. The SMILES string of the molecule is CCCCCC/C=C/CCCCCCCCCC(=O)O[C@H](COC(=O)CCCCCCC/C=C/CCCCCCCC)COP(=O)(O)OC[C@H](N)C(=O)O. The first-order valence-electron chi connectivity index (χ1n) is 21.4. The Morgan fingerprint density at radius 2 is 0.926 bits per heavy atom. The highest BCUT2D eigenvalue weighted by Crippen LogP contribution is 2.43. The number of carboxylic acid groups (broad SMARTS) is 1. The predicted molar refractivity (Wildman–Crippen MR) is 217 cm³/mol. The first-order chi connectivity index (χ1) is 26.1. The molecule has 0 aliphatic heterocycles. The Morgan fingerprint density at radius 3 is 1.37 bits per heavy atom. The molecule has 0 aromatic heterocycles. The Balaban J connectivity index is 4.39. The molecule has 0 aliphatic rings. The van der Waals surface area contributed by atoms with Crippen molar-refractivity contribution in [3.05, 3.63) is 24.3 Å². The number of phosphoric ester groups is 1. The summed E-state index contributed by atoms with van der Waals surface area (Å²) in [6.45, 7) is 2.77. The summed E-state index contributed by atoms with van der Waals surface area (Å²) in [5.74, 6) is -2.39. The van der Waals surface area contributed by atoms with E-state index in [1.807, 2.05) is 0 Å². The molecule has 0 aromatic rings. The molecule has 4 N–H and O–H groups in total. The van der Waals surface area contributed by atoms with Gasteiger partial charge in [0.1, 0.15) is 12.6 Å². The minimum atomic E-state index is -4.71. The molecular formula is C42H78NO10P. The summed E-state index contributed by atoms with van der Waals surface area (Å²) >= 11 is 0. The Morgan fingerprint density at radius 1 is 0.556 bits per heavy atom. The molecule has 11 nitrogen and oxygen atoms in total. The van der Waals surface area contributed by atoms with Crippen molar-refractivity contribution in [2.24, 2.45) is 5.73 Å². The highest BCUT2D eigenvalue weighted by Gasteiger charge is 2.28. The number of esters is 2. The summed E-state index contributed by atoms with van der Waals surface area (Å²) in [5, 5.41) is 8.88. The first-order valence-corrected chi connectivity index (χ1v) is 22.9. The van der Waals surface area contributed by atoms with E-state index in [9.17, 15) is 23.8 Å². The Bertz CT molecular complexity index is 1020. The molecular weight excluding hydrogens is 709 g/mol. The van der Waals surface area contributed by atoms with Crippen LogP contribution in [0.1, 0.15) is 194 Å². The molecule has 54 heavy (non-hydrogen) atoms. The van der Waals surface area contributed by atoms with Crippen molar-refractivity contribution in [1.29, 1.82) is 0 Å². The van der Waals surface area contributed by atoms with Crippen molar-refractivity contribution in [2.45, 2.75) is 206 Å². The van der Waals surface area contributed by atoms with Gasteiger partial charge in [-0.05, 0) is 64.2 Å². The second-order valence-electron chi connectivity index (χ2n) is 14.5. The van der Waals surface area contributed by atoms with Crippen LogP contribution in [0.2, 0.25) is 0 Å². The van der Waals surface area contributed by atoms with Gasteiger partial charge in [-0.1, -0.05) is 141 Å². The van der Waals surface area contributed by atoms with E-state index in [1.165, 1.54) is 83.5 Å². The van der Waals surface area contributed by atoms with E-state index in [4.69, 9.17) is 24.8 Å². The number of carboxylic acids is 1. The number of phosphoric acid groups is 1. The molecule has 0 saturated carbocycles. The molecule has 0 rings (SSSR count). The Kier molecular flexibility index (Phi) is 36.4. The van der Waals surface area contributed by atoms with E-state index in [0.29, 0.717) is 12.8 Å². The van der Waals surface area contributed by atoms with Gasteiger partial charge in [0.15, 0.2) is 6.10 Å². The average Bonchev–Trinajstić information content (AvgIpc) is 3.14. The van der Waals surface area contributed by atoms with Crippen LogP contribution in [0.4, 0.5) is 0 Å². The summed E-state index contributed by atoms with van der Waals surface area (Å²) < 4.78 is 32.7. The number of carbonyl (C=O) groups excluding carboxylic acids is 2. The molecule has 0 heterocycles. The predicted octanol–water partition coefficient (Wildman–Crippen LogP) is 11.1. The van der Waals surface area contributed by atoms with E-state index in [0.717, 1.165) is 70.6 Å². The zero-order valence-electron chi connectivity index (χ0n) is 34.1. The molecule has 3 atom stereocenters. The van der Waals surface area contributed by atoms with Crippen LogP contribution in [0.25, 0.3) is 0 Å². The van der Waals surface area contributed by atoms with Gasteiger partial charge in [0.2, 0.25) is 0 Å². The van der Waals surface area contributed by atoms with Crippen LogP contribution in [0.5, 0.6) is 0 Å². The zero-order chi connectivity index (χ0) is 40.0. The van der Waals surface area contributed by atoms with E-state index >= 15 is 0 Å². The van der Waals surface area contributed by atoms with Gasteiger partial charge in [-0.3, -0.25) is 23.4 Å². The first kappa shape index (κ1) is 52.0. The average molecular weight is 788 g/mol. The standard InChI is InChI=1S/C42H78NO10P/c1-3-5-7-9-11-13-15-17-19-21-23-25-27-29-31-33-40(44)50-35-38(36-51-54(48,49)52-37-39(43)42(46)47)53-41(45)34-32-30-28-26-24-22-20-18-16-14-12-10-8-6-4-2/h14,16-17,19,38-39H,3-13,15,18,20-37,43H2,1-2H3,(H,46,47)(H,48,49)/b16-14+,19-17+/t38-,39+/m1/s1. The third-order valence-corrected chi connectivity index (χ3v) is 10.1. The topological polar surface area (TPSA) is 172 Å². The van der Waals surface area contributed by atoms with Gasteiger partial charge in [-0.25, -0.2) is 4.57 Å². The van der Waals surface area contributed by atoms with Crippen molar-refractivity contribution < 1.29 is 47.5 Å². The third-order valence-electron chi connectivity index (χ3n) is 9.17. The van der Waals surface area contributed by atoms with Crippen LogP contribution in [-0.4, -0.2) is 59.9 Å². The summed E-state index contributed by atoms with van der Waals surface area (Å²) in [6.07, 6.45) is 38.1. The molecule has 0 bridgehead atoms. The van der Waals surface area contributed by atoms with E-state index in [1.54, 1.807) is 0 Å². The molecule has 316 valence electrons. The fourth-order valence-corrected chi connectivity index (χ4v) is 6.54. The highest BCUT2D eigenvalue weighted by atomic mass is 31.2. The smallest absolute Gasteiger partial charge is 0.472 e. The quantitative estimate of drug-likeness (QED) is 0.0233. The molecule has 0 saturated heterocycles. The summed E-state index contributed by atoms with van der Waals surface area (Å²) in [4.78, 5) is 45.9. The number of aliphatic carboxylic acids is 1. The largest absolute Gasteiger partial charge is 0.480 e. The van der Waals surface area contributed by atoms with Crippen molar-refractivity contribution in [3.8, 4) is 0 Å². The fourth-order valence-electron chi connectivity index (χ4n) is 5.76. The number of hydrogen-bond acceptors (Lipinski definition) is 9. The van der Waals surface area contributed by atoms with Gasteiger partial charge in [-0.15, -0.1) is 0 Å². The number of rotatable bonds is 40. The molecule has 0 aromatic carbocycles. The number of ether oxygens (including phenoxy) is 2. The number of nitrogens with two attached hydrogens (primary N) is 1. The maximum Gasteiger partial charge on any atom is 0.472 e. The van der Waals surface area contributed by atoms with E-state index < -0.39 is 51.1 Å². The van der Waals surface area contributed by atoms with Crippen molar-refractivity contribution in [1.82, 2.24) is 0 Å². The Hall–Kier alpha value is -2.04. The minimum Gasteiger partial charge on any atom is -0.480 e. The molecule has 1 unspecified atom stereocenters. The van der Waals surface area contributed by atoms with Gasteiger partial charge >= 0.3 is 25.7 Å². The van der Waals surface area contributed by atoms with E-state index in [2.05, 4.69) is 42.7 Å². The molecule has 0 spiro atoms. The number of allylic oxidation sites excluding steroid dienone is 4. The lowest BCUT2D eigenvalue weighted by atomic mass is 10.1. The second-order valence-corrected chi connectivity index (χ2v) is 15.9. The molecule has 0 fully saturated rings. The zero-order valence-corrected chi connectivity index (χ0v) is 35.0. The van der Waals surface area contributed by atoms with Crippen LogP contribution in [-0.2, 0) is 37.5 Å². The number of carbonyl (C=O) groups is 3. The van der Waals surface area contributed by atoms with Gasteiger partial charge in [0.25, 0.3) is 0 Å². The minimum absolute atomic E-state index is 0.156. The monoisotopic (exact) mass is 788 g/mol. The summed E-state index contributed by atoms with van der Waals surface area (Å²) in [7, 11) is -4.71. The maximum absolute atomic E-state index is 12.6. The van der Waals surface area contributed by atoms with Gasteiger partial charge < -0.3 is 25.2 Å². The van der Waals surface area contributed by atoms with Gasteiger partial charge in [-0.2, -0.15) is 0 Å². The van der Waals surface area contributed by atoms with Crippen molar-refractivity contribution in [3.63, 3.8) is 0 Å². The number of hydrogen-bond donors (Lipinski definition) is 3. The molecule has 0 amide bonds. The highest BCUT2D eigenvalue weighted by molar-refractivity contribution is 7.47. The van der Waals surface area contributed by atoms with Crippen LogP contribution in [0, 0.1) is 0 Å². The summed E-state index contributed by atoms with van der Waals surface area (Å²) in [5.41, 5.74) is 5.33. The van der Waals surface area contributed by atoms with Crippen molar-refractivity contribution >= 4 is 25.7 Å². The molecule has 0 radical (unpaired) electrons. The Labute approximate surface area is 328 Å². The lowest BCUT2D eigenvalue weighted by Crippen LogP contribution is -2.34. The summed E-state index contributed by atoms with van der Waals surface area (Å²) in [6, 6.07) is -1.52. The molecule has 0 aliphatic carbocycles. The van der Waals surface area contributed by atoms with Crippen LogP contribution >= 0.6 is 7.82 Å². The molecule has 12 heteroatoms. The van der Waals surface area contributed by atoms with E-state index in [-0.39, 0.29) is 19.4 Å². The second kappa shape index (κ2) is 37.9. The third kappa shape index (κ3) is 36.9.